The van der Waals surface area contributed by atoms with Crippen LogP contribution in [0.15, 0.2) is 11.0 Å². The van der Waals surface area contributed by atoms with Crippen LogP contribution in [0.5, 0.6) is 0 Å². The first-order valence-corrected chi connectivity index (χ1v) is 4.06. The Balaban J connectivity index is 3.36. The molecule has 0 atom stereocenters. The fourth-order valence-electron chi connectivity index (χ4n) is 0.698. The van der Waals surface area contributed by atoms with Crippen molar-refractivity contribution in [2.75, 3.05) is 5.73 Å². The van der Waals surface area contributed by atoms with Crippen LogP contribution in [0.25, 0.3) is 0 Å². The third-order valence-corrected chi connectivity index (χ3v) is 2.53. The van der Waals surface area contributed by atoms with Gasteiger partial charge < -0.3 is 10.7 Å². The molecule has 12 heavy (non-hydrogen) atoms. The molecule has 0 aliphatic carbocycles. The summed E-state index contributed by atoms with van der Waals surface area (Å²) in [5.41, 5.74) is 4.30. The molecule has 0 radical (unpaired) electrons. The minimum absolute atomic E-state index is 0.117. The zero-order valence-electron chi connectivity index (χ0n) is 5.77. The fraction of sp³-hybridized carbons (Fsp3) is 0.167. The summed E-state index contributed by atoms with van der Waals surface area (Å²) in [5.74, 6) is 0. The van der Waals surface area contributed by atoms with E-state index in [0.29, 0.717) is 0 Å². The third-order valence-electron chi connectivity index (χ3n) is 1.33. The first-order chi connectivity index (χ1) is 5.54. The monoisotopic (exact) mass is 286 g/mol. The van der Waals surface area contributed by atoms with Gasteiger partial charge in [-0.15, -0.1) is 0 Å². The number of nitrogen functional groups attached to an aromatic ring is 1. The van der Waals surface area contributed by atoms with Gasteiger partial charge in [0.1, 0.15) is 5.69 Å². The fourth-order valence-corrected chi connectivity index (χ4v) is 1.33. The van der Waals surface area contributed by atoms with E-state index in [1.807, 2.05) is 0 Å². The highest BCUT2D eigenvalue weighted by Gasteiger charge is 2.14. The quantitative estimate of drug-likeness (QED) is 0.769. The lowest BCUT2D eigenvalue weighted by Gasteiger charge is -2.03. The molecule has 1 aromatic heterocycles. The van der Waals surface area contributed by atoms with Crippen molar-refractivity contribution >= 4 is 28.3 Å². The number of halogens is 3. The van der Waals surface area contributed by atoms with Gasteiger partial charge in [-0.1, -0.05) is 0 Å². The Hall–Kier alpha value is -0.660. The number of nitrogens with two attached hydrogens (primary N) is 1. The zero-order chi connectivity index (χ0) is 9.30. The summed E-state index contributed by atoms with van der Waals surface area (Å²) in [6, 6.07) is 0. The van der Waals surface area contributed by atoms with Gasteiger partial charge >= 0.3 is 0 Å². The van der Waals surface area contributed by atoms with Crippen molar-refractivity contribution in [2.24, 2.45) is 0 Å². The molecule has 3 N–H and O–H groups in total. The zero-order valence-corrected chi connectivity index (χ0v) is 7.93. The average Bonchev–Trinajstić information content (AvgIpc) is 2.00. The highest BCUT2D eigenvalue weighted by molar-refractivity contribution is 14.1. The molecule has 1 heterocycles. The van der Waals surface area contributed by atoms with Crippen molar-refractivity contribution in [1.82, 2.24) is 4.98 Å². The first kappa shape index (κ1) is 9.43. The summed E-state index contributed by atoms with van der Waals surface area (Å²) >= 11 is 1.62. The van der Waals surface area contributed by atoms with Gasteiger partial charge in [0.05, 0.1) is 3.57 Å². The molecule has 0 aromatic carbocycles. The second-order valence-electron chi connectivity index (χ2n) is 2.10. The number of nitrogens with one attached hydrogen (secondary N) is 1. The van der Waals surface area contributed by atoms with Crippen LogP contribution in [0, 0.1) is 3.57 Å². The molecule has 0 saturated heterocycles. The molecule has 0 amide bonds. The number of aromatic amines is 1. The van der Waals surface area contributed by atoms with Crippen molar-refractivity contribution in [3.63, 3.8) is 0 Å². The molecule has 1 rings (SSSR count). The Bertz CT molecular complexity index is 350. The number of H-pyrrole nitrogens is 1. The SMILES string of the molecule is Nc1c(I)c(C(F)F)c[nH]c1=O. The van der Waals surface area contributed by atoms with Crippen LogP contribution in [0.2, 0.25) is 0 Å². The highest BCUT2D eigenvalue weighted by Crippen LogP contribution is 2.24. The molecular formula is C6H5F2IN2O. The maximum atomic E-state index is 12.2. The summed E-state index contributed by atoms with van der Waals surface area (Å²) in [6.45, 7) is 0. The number of hydrogen-bond acceptors (Lipinski definition) is 2. The van der Waals surface area contributed by atoms with Gasteiger partial charge in [-0.25, -0.2) is 8.78 Å². The van der Waals surface area contributed by atoms with Crippen LogP contribution in [0.4, 0.5) is 14.5 Å². The van der Waals surface area contributed by atoms with Crippen LogP contribution in [0.1, 0.15) is 12.0 Å². The van der Waals surface area contributed by atoms with E-state index in [4.69, 9.17) is 5.73 Å². The minimum Gasteiger partial charge on any atom is -0.393 e. The Morgan fingerprint density at radius 2 is 2.17 bits per heavy atom. The van der Waals surface area contributed by atoms with E-state index in [2.05, 4.69) is 4.98 Å². The molecule has 0 aliphatic rings. The van der Waals surface area contributed by atoms with E-state index >= 15 is 0 Å². The molecule has 0 aliphatic heterocycles. The van der Waals surface area contributed by atoms with Crippen LogP contribution < -0.4 is 11.3 Å². The number of aromatic nitrogens is 1. The molecule has 3 nitrogen and oxygen atoms in total. The highest BCUT2D eigenvalue weighted by atomic mass is 127. The van der Waals surface area contributed by atoms with Crippen molar-refractivity contribution in [2.45, 2.75) is 6.43 Å². The lowest BCUT2D eigenvalue weighted by molar-refractivity contribution is 0.150. The Labute approximate surface area is 80.1 Å². The van der Waals surface area contributed by atoms with Gasteiger partial charge in [-0.3, -0.25) is 4.79 Å². The van der Waals surface area contributed by atoms with E-state index < -0.39 is 12.0 Å². The second kappa shape index (κ2) is 3.38. The second-order valence-corrected chi connectivity index (χ2v) is 3.18. The van der Waals surface area contributed by atoms with Crippen LogP contribution in [-0.4, -0.2) is 4.98 Å². The topological polar surface area (TPSA) is 58.9 Å². The molecule has 0 unspecified atom stereocenters. The number of hydrogen-bond donors (Lipinski definition) is 2. The molecule has 0 fully saturated rings. The maximum Gasteiger partial charge on any atom is 0.272 e. The number of alkyl halides is 2. The van der Waals surface area contributed by atoms with E-state index in [-0.39, 0.29) is 14.8 Å². The summed E-state index contributed by atoms with van der Waals surface area (Å²) in [7, 11) is 0. The molecule has 0 bridgehead atoms. The predicted octanol–water partition coefficient (Wildman–Crippen LogP) is 1.50. The van der Waals surface area contributed by atoms with Gasteiger partial charge in [-0.05, 0) is 22.6 Å². The number of anilines is 1. The van der Waals surface area contributed by atoms with E-state index in [1.165, 1.54) is 0 Å². The Kier molecular flexibility index (Phi) is 2.65. The van der Waals surface area contributed by atoms with Crippen LogP contribution >= 0.6 is 22.6 Å². The molecule has 0 spiro atoms. The predicted molar refractivity (Wildman–Crippen MR) is 49.1 cm³/mol. The summed E-state index contributed by atoms with van der Waals surface area (Å²) in [6.07, 6.45) is -1.64. The lowest BCUT2D eigenvalue weighted by Crippen LogP contribution is -2.14. The summed E-state index contributed by atoms with van der Waals surface area (Å²) in [5, 5.41) is 0. The Morgan fingerprint density at radius 3 is 2.67 bits per heavy atom. The maximum absolute atomic E-state index is 12.2. The van der Waals surface area contributed by atoms with Crippen molar-refractivity contribution in [3.8, 4) is 0 Å². The smallest absolute Gasteiger partial charge is 0.272 e. The molecule has 66 valence electrons. The van der Waals surface area contributed by atoms with Gasteiger partial charge in [0, 0.05) is 11.8 Å². The van der Waals surface area contributed by atoms with Crippen molar-refractivity contribution in [3.05, 3.63) is 25.7 Å². The third kappa shape index (κ3) is 1.57. The minimum atomic E-state index is -2.61. The molecule has 1 aromatic rings. The van der Waals surface area contributed by atoms with Gasteiger partial charge in [0.25, 0.3) is 12.0 Å². The number of rotatable bonds is 1. The molecule has 6 heteroatoms. The average molecular weight is 286 g/mol. The van der Waals surface area contributed by atoms with Crippen molar-refractivity contribution in [1.29, 1.82) is 0 Å². The van der Waals surface area contributed by atoms with Crippen molar-refractivity contribution < 1.29 is 8.78 Å². The van der Waals surface area contributed by atoms with Gasteiger partial charge in [0.2, 0.25) is 0 Å². The van der Waals surface area contributed by atoms with Crippen LogP contribution in [0.3, 0.4) is 0 Å². The lowest BCUT2D eigenvalue weighted by atomic mass is 10.3. The normalized spacial score (nSPS) is 10.7. The first-order valence-electron chi connectivity index (χ1n) is 2.98. The molecular weight excluding hydrogens is 281 g/mol. The summed E-state index contributed by atoms with van der Waals surface area (Å²) in [4.78, 5) is 12.9. The standard InChI is InChI=1S/C6H5F2IN2O/c7-5(8)2-1-11-6(12)4(10)3(2)9/h1,5H,10H2,(H,11,12). The largest absolute Gasteiger partial charge is 0.393 e. The van der Waals surface area contributed by atoms with E-state index in [1.54, 1.807) is 22.6 Å². The van der Waals surface area contributed by atoms with E-state index in [0.717, 1.165) is 6.20 Å². The van der Waals surface area contributed by atoms with Crippen LogP contribution in [-0.2, 0) is 0 Å². The number of pyridine rings is 1. The Morgan fingerprint density at radius 1 is 1.58 bits per heavy atom. The van der Waals surface area contributed by atoms with E-state index in [9.17, 15) is 13.6 Å². The molecule has 0 saturated carbocycles. The van der Waals surface area contributed by atoms with Gasteiger partial charge in [-0.2, -0.15) is 0 Å². The summed E-state index contributed by atoms with van der Waals surface area (Å²) < 4.78 is 24.4. The van der Waals surface area contributed by atoms with Gasteiger partial charge in [0.15, 0.2) is 0 Å².